The van der Waals surface area contributed by atoms with Gasteiger partial charge in [0.25, 0.3) is 0 Å². The zero-order valence-corrected chi connectivity index (χ0v) is 11.5. The Labute approximate surface area is 121 Å². The summed E-state index contributed by atoms with van der Waals surface area (Å²) in [5.74, 6) is -3.86. The van der Waals surface area contributed by atoms with E-state index in [0.717, 1.165) is 23.3 Å². The molecule has 2 aromatic carbocycles. The molecule has 0 radical (unpaired) electrons. The molecule has 0 amide bonds. The minimum atomic E-state index is -1.46. The Morgan fingerprint density at radius 3 is 2.19 bits per heavy atom. The van der Waals surface area contributed by atoms with Gasteiger partial charge in [-0.1, -0.05) is 24.3 Å². The second-order valence-corrected chi connectivity index (χ2v) is 4.83. The van der Waals surface area contributed by atoms with Gasteiger partial charge in [0.1, 0.15) is 0 Å². The molecule has 0 bridgehead atoms. The number of benzene rings is 2. The molecule has 2 aromatic rings. The highest BCUT2D eigenvalue weighted by Crippen LogP contribution is 2.20. The molecule has 112 valence electrons. The summed E-state index contributed by atoms with van der Waals surface area (Å²) in [5, 5.41) is 12.3. The molecular weight excluding hydrogens is 279 g/mol. The van der Waals surface area contributed by atoms with Gasteiger partial charge in [-0.05, 0) is 35.7 Å². The first kappa shape index (κ1) is 15.5. The molecule has 2 rings (SSSR count). The van der Waals surface area contributed by atoms with E-state index in [9.17, 15) is 18.3 Å². The van der Waals surface area contributed by atoms with Gasteiger partial charge in [0.15, 0.2) is 17.5 Å². The van der Waals surface area contributed by atoms with E-state index in [0.29, 0.717) is 12.1 Å². The topological polar surface area (TPSA) is 32.3 Å². The van der Waals surface area contributed by atoms with Crippen molar-refractivity contribution in [2.75, 3.05) is 0 Å². The molecule has 0 fully saturated rings. The zero-order valence-electron chi connectivity index (χ0n) is 11.5. The summed E-state index contributed by atoms with van der Waals surface area (Å²) < 4.78 is 39.3. The van der Waals surface area contributed by atoms with Crippen molar-refractivity contribution < 1.29 is 18.3 Å². The number of halogens is 3. The first-order chi connectivity index (χ1) is 10.0. The summed E-state index contributed by atoms with van der Waals surface area (Å²) >= 11 is 0. The summed E-state index contributed by atoms with van der Waals surface area (Å²) in [4.78, 5) is 0. The largest absolute Gasteiger partial charge is 0.392 e. The fraction of sp³-hybridized carbons (Fsp3) is 0.250. The van der Waals surface area contributed by atoms with Gasteiger partial charge in [-0.2, -0.15) is 0 Å². The second-order valence-electron chi connectivity index (χ2n) is 4.83. The van der Waals surface area contributed by atoms with Crippen molar-refractivity contribution in [1.82, 2.24) is 5.32 Å². The average Bonchev–Trinajstić information content (AvgIpc) is 2.49. The summed E-state index contributed by atoms with van der Waals surface area (Å²) in [6.45, 7) is 2.08. The molecule has 0 aliphatic rings. The molecule has 0 saturated heterocycles. The lowest BCUT2D eigenvalue weighted by Crippen LogP contribution is -2.19. The van der Waals surface area contributed by atoms with Gasteiger partial charge < -0.3 is 10.4 Å². The van der Waals surface area contributed by atoms with Crippen LogP contribution in [0.15, 0.2) is 36.4 Å². The molecule has 0 aliphatic carbocycles. The third-order valence-electron chi connectivity index (χ3n) is 3.39. The van der Waals surface area contributed by atoms with Crippen LogP contribution >= 0.6 is 0 Å². The maximum atomic E-state index is 13.2. The van der Waals surface area contributed by atoms with Gasteiger partial charge >= 0.3 is 0 Å². The number of hydrogen-bond donors (Lipinski definition) is 2. The molecule has 0 aliphatic heterocycles. The van der Waals surface area contributed by atoms with E-state index in [4.69, 9.17) is 0 Å². The second kappa shape index (κ2) is 6.74. The predicted octanol–water partition coefficient (Wildman–Crippen LogP) is 3.45. The van der Waals surface area contributed by atoms with Gasteiger partial charge in [-0.3, -0.25) is 0 Å². The number of rotatable bonds is 5. The van der Waals surface area contributed by atoms with Crippen LogP contribution in [0.2, 0.25) is 0 Å². The summed E-state index contributed by atoms with van der Waals surface area (Å²) in [6, 6.07) is 8.93. The van der Waals surface area contributed by atoms with Crippen LogP contribution in [-0.2, 0) is 13.2 Å². The number of hydrogen-bond acceptors (Lipinski definition) is 2. The number of aliphatic hydroxyl groups is 1. The van der Waals surface area contributed by atoms with Crippen molar-refractivity contribution in [2.24, 2.45) is 0 Å². The monoisotopic (exact) mass is 295 g/mol. The summed E-state index contributed by atoms with van der Waals surface area (Å²) in [5.41, 5.74) is 2.01. The first-order valence-electron chi connectivity index (χ1n) is 6.58. The van der Waals surface area contributed by atoms with Crippen molar-refractivity contribution in [2.45, 2.75) is 26.1 Å². The van der Waals surface area contributed by atoms with Crippen LogP contribution < -0.4 is 5.32 Å². The zero-order chi connectivity index (χ0) is 15.4. The van der Waals surface area contributed by atoms with Crippen molar-refractivity contribution in [3.05, 3.63) is 70.5 Å². The van der Waals surface area contributed by atoms with Crippen LogP contribution in [0.4, 0.5) is 13.2 Å². The van der Waals surface area contributed by atoms with E-state index in [1.165, 1.54) is 0 Å². The Morgan fingerprint density at radius 2 is 1.62 bits per heavy atom. The molecule has 1 atom stereocenters. The standard InChI is InChI=1S/C16H16F3NO/c1-10(13-6-14(17)16(19)15(18)7-13)20-8-11-4-2-3-5-12(11)9-21/h2-7,10,20-21H,8-9H2,1H3. The fourth-order valence-electron chi connectivity index (χ4n) is 2.09. The van der Waals surface area contributed by atoms with Gasteiger partial charge in [-0.25, -0.2) is 13.2 Å². The maximum Gasteiger partial charge on any atom is 0.194 e. The van der Waals surface area contributed by atoms with E-state index in [1.807, 2.05) is 18.2 Å². The Kier molecular flexibility index (Phi) is 4.98. The van der Waals surface area contributed by atoms with Crippen LogP contribution in [0.3, 0.4) is 0 Å². The minimum Gasteiger partial charge on any atom is -0.392 e. The molecule has 0 aromatic heterocycles. The van der Waals surface area contributed by atoms with Crippen molar-refractivity contribution >= 4 is 0 Å². The van der Waals surface area contributed by atoms with Gasteiger partial charge in [0, 0.05) is 12.6 Å². The van der Waals surface area contributed by atoms with E-state index < -0.39 is 17.5 Å². The Balaban J connectivity index is 2.10. The highest BCUT2D eigenvalue weighted by molar-refractivity contribution is 5.27. The van der Waals surface area contributed by atoms with E-state index in [2.05, 4.69) is 5.32 Å². The lowest BCUT2D eigenvalue weighted by Gasteiger charge is -2.16. The quantitative estimate of drug-likeness (QED) is 0.828. The molecule has 1 unspecified atom stereocenters. The molecule has 5 heteroatoms. The molecule has 21 heavy (non-hydrogen) atoms. The third-order valence-corrected chi connectivity index (χ3v) is 3.39. The van der Waals surface area contributed by atoms with Crippen LogP contribution in [0, 0.1) is 17.5 Å². The van der Waals surface area contributed by atoms with Crippen molar-refractivity contribution in [3.63, 3.8) is 0 Å². The SMILES string of the molecule is CC(NCc1ccccc1CO)c1cc(F)c(F)c(F)c1. The third kappa shape index (κ3) is 3.62. The molecule has 0 heterocycles. The number of aliphatic hydroxyl groups excluding tert-OH is 1. The van der Waals surface area contributed by atoms with Crippen LogP contribution in [0.25, 0.3) is 0 Å². The molecule has 0 spiro atoms. The highest BCUT2D eigenvalue weighted by atomic mass is 19.2. The minimum absolute atomic E-state index is 0.0773. The van der Waals surface area contributed by atoms with E-state index in [-0.39, 0.29) is 12.6 Å². The molecule has 0 saturated carbocycles. The summed E-state index contributed by atoms with van der Waals surface area (Å²) in [7, 11) is 0. The van der Waals surface area contributed by atoms with Gasteiger partial charge in [0.05, 0.1) is 6.61 Å². The van der Waals surface area contributed by atoms with Gasteiger partial charge in [-0.15, -0.1) is 0 Å². The highest BCUT2D eigenvalue weighted by Gasteiger charge is 2.14. The Morgan fingerprint density at radius 1 is 1.05 bits per heavy atom. The van der Waals surface area contributed by atoms with E-state index >= 15 is 0 Å². The van der Waals surface area contributed by atoms with Crippen LogP contribution in [0.1, 0.15) is 29.7 Å². The molecule has 2 N–H and O–H groups in total. The predicted molar refractivity (Wildman–Crippen MR) is 73.9 cm³/mol. The first-order valence-corrected chi connectivity index (χ1v) is 6.58. The van der Waals surface area contributed by atoms with Crippen LogP contribution in [-0.4, -0.2) is 5.11 Å². The van der Waals surface area contributed by atoms with E-state index in [1.54, 1.807) is 13.0 Å². The lowest BCUT2D eigenvalue weighted by molar-refractivity contribution is 0.280. The summed E-state index contributed by atoms with van der Waals surface area (Å²) in [6.07, 6.45) is 0. The Bertz CT molecular complexity index is 608. The Hall–Kier alpha value is -1.85. The maximum absolute atomic E-state index is 13.2. The lowest BCUT2D eigenvalue weighted by atomic mass is 10.1. The van der Waals surface area contributed by atoms with Crippen molar-refractivity contribution in [1.29, 1.82) is 0 Å². The average molecular weight is 295 g/mol. The fourth-order valence-corrected chi connectivity index (χ4v) is 2.09. The molecule has 2 nitrogen and oxygen atoms in total. The smallest absolute Gasteiger partial charge is 0.194 e. The van der Waals surface area contributed by atoms with Crippen LogP contribution in [0.5, 0.6) is 0 Å². The molecular formula is C16H16F3NO. The number of nitrogens with one attached hydrogen (secondary N) is 1. The van der Waals surface area contributed by atoms with Gasteiger partial charge in [0.2, 0.25) is 0 Å². The normalized spacial score (nSPS) is 12.4. The van der Waals surface area contributed by atoms with Crippen molar-refractivity contribution in [3.8, 4) is 0 Å².